The van der Waals surface area contributed by atoms with Crippen molar-refractivity contribution < 1.29 is 8.42 Å². The number of nitrogens with one attached hydrogen (secondary N) is 1. The van der Waals surface area contributed by atoms with Crippen molar-refractivity contribution in [1.82, 2.24) is 4.98 Å². The van der Waals surface area contributed by atoms with E-state index >= 15 is 0 Å². The number of hydrogen-bond acceptors (Lipinski definition) is 5. The molecule has 2 aromatic rings. The number of hydrogen-bond donors (Lipinski definition) is 2. The van der Waals surface area contributed by atoms with E-state index < -0.39 is 10.0 Å². The minimum atomic E-state index is -3.64. The molecule has 0 aliphatic rings. The molecule has 19 heavy (non-hydrogen) atoms. The maximum atomic E-state index is 11.1. The summed E-state index contributed by atoms with van der Waals surface area (Å²) in [4.78, 5) is 5.56. The van der Waals surface area contributed by atoms with Crippen LogP contribution in [0.5, 0.6) is 0 Å². The fourth-order valence-electron chi connectivity index (χ4n) is 1.46. The zero-order valence-corrected chi connectivity index (χ0v) is 12.3. The van der Waals surface area contributed by atoms with Crippen LogP contribution in [0.15, 0.2) is 35.4 Å². The smallest absolute Gasteiger partial charge is 0.238 e. The van der Waals surface area contributed by atoms with Gasteiger partial charge in [-0.3, -0.25) is 0 Å². The van der Waals surface area contributed by atoms with Gasteiger partial charge >= 0.3 is 0 Å². The molecule has 0 saturated carbocycles. The Hall–Kier alpha value is -1.44. The molecule has 0 saturated heterocycles. The third-order valence-corrected chi connectivity index (χ3v) is 4.67. The van der Waals surface area contributed by atoms with Gasteiger partial charge in [0.1, 0.15) is 0 Å². The Kier molecular flexibility index (Phi) is 3.88. The van der Waals surface area contributed by atoms with Crippen molar-refractivity contribution in [1.29, 1.82) is 0 Å². The molecule has 0 unspecified atom stereocenters. The standard InChI is InChI=1S/C12H15N3O2S2/c1-8(2)11-7-14-12(18-11)15-9-3-5-10(6-4-9)19(13,16)17/h3-8H,1-2H3,(H,14,15)(H2,13,16,17). The first kappa shape index (κ1) is 14.0. The highest BCUT2D eigenvalue weighted by atomic mass is 32.2. The molecule has 1 heterocycles. The van der Waals surface area contributed by atoms with Crippen molar-refractivity contribution in [3.05, 3.63) is 35.3 Å². The molecule has 0 radical (unpaired) electrons. The van der Waals surface area contributed by atoms with Gasteiger partial charge in [-0.25, -0.2) is 18.5 Å². The SMILES string of the molecule is CC(C)c1cnc(Nc2ccc(S(N)(=O)=O)cc2)s1. The predicted octanol–water partition coefficient (Wildman–Crippen LogP) is 2.66. The van der Waals surface area contributed by atoms with Gasteiger partial charge in [0, 0.05) is 16.8 Å². The Labute approximate surface area is 116 Å². The van der Waals surface area contributed by atoms with Crippen molar-refractivity contribution >= 4 is 32.2 Å². The molecule has 1 aromatic heterocycles. The Bertz CT molecular complexity index is 661. The lowest BCUT2D eigenvalue weighted by molar-refractivity contribution is 0.598. The molecule has 0 aliphatic carbocycles. The Balaban J connectivity index is 2.15. The maximum absolute atomic E-state index is 11.1. The number of aromatic nitrogens is 1. The monoisotopic (exact) mass is 297 g/mol. The lowest BCUT2D eigenvalue weighted by Gasteiger charge is -2.03. The molecule has 0 bridgehead atoms. The van der Waals surface area contributed by atoms with Crippen LogP contribution < -0.4 is 10.5 Å². The summed E-state index contributed by atoms with van der Waals surface area (Å²) in [6, 6.07) is 6.26. The first-order chi connectivity index (χ1) is 8.86. The van der Waals surface area contributed by atoms with Gasteiger partial charge in [-0.05, 0) is 30.2 Å². The van der Waals surface area contributed by atoms with Gasteiger partial charge in [0.25, 0.3) is 0 Å². The van der Waals surface area contributed by atoms with E-state index in [1.165, 1.54) is 17.0 Å². The second-order valence-electron chi connectivity index (χ2n) is 4.42. The summed E-state index contributed by atoms with van der Waals surface area (Å²) in [5.41, 5.74) is 0.775. The minimum absolute atomic E-state index is 0.0973. The average molecular weight is 297 g/mol. The Morgan fingerprint density at radius 1 is 1.26 bits per heavy atom. The fraction of sp³-hybridized carbons (Fsp3) is 0.250. The summed E-state index contributed by atoms with van der Waals surface area (Å²) in [5, 5.41) is 8.95. The molecule has 1 aromatic carbocycles. The van der Waals surface area contributed by atoms with E-state index in [1.54, 1.807) is 23.5 Å². The summed E-state index contributed by atoms with van der Waals surface area (Å²) in [6.45, 7) is 4.22. The van der Waals surface area contributed by atoms with E-state index in [2.05, 4.69) is 24.1 Å². The average Bonchev–Trinajstić information content (AvgIpc) is 2.77. The molecule has 7 heteroatoms. The van der Waals surface area contributed by atoms with E-state index in [0.717, 1.165) is 10.8 Å². The molecule has 5 nitrogen and oxygen atoms in total. The highest BCUT2D eigenvalue weighted by Crippen LogP contribution is 2.27. The van der Waals surface area contributed by atoms with Gasteiger partial charge in [-0.15, -0.1) is 11.3 Å². The van der Waals surface area contributed by atoms with Crippen LogP contribution in [-0.2, 0) is 10.0 Å². The first-order valence-electron chi connectivity index (χ1n) is 5.72. The summed E-state index contributed by atoms with van der Waals surface area (Å²) in [5.74, 6) is 0.442. The van der Waals surface area contributed by atoms with Crippen LogP contribution in [0.25, 0.3) is 0 Å². The lowest BCUT2D eigenvalue weighted by atomic mass is 10.2. The minimum Gasteiger partial charge on any atom is -0.332 e. The van der Waals surface area contributed by atoms with Gasteiger partial charge in [-0.1, -0.05) is 13.8 Å². The van der Waals surface area contributed by atoms with Crippen molar-refractivity contribution in [2.75, 3.05) is 5.32 Å². The summed E-state index contributed by atoms with van der Waals surface area (Å²) < 4.78 is 22.3. The topological polar surface area (TPSA) is 85.1 Å². The molecular weight excluding hydrogens is 282 g/mol. The van der Waals surface area contributed by atoms with E-state index in [4.69, 9.17) is 5.14 Å². The number of thiazole rings is 1. The van der Waals surface area contributed by atoms with E-state index in [1.807, 2.05) is 6.20 Å². The molecule has 3 N–H and O–H groups in total. The Morgan fingerprint density at radius 2 is 1.89 bits per heavy atom. The number of primary sulfonamides is 1. The lowest BCUT2D eigenvalue weighted by Crippen LogP contribution is -2.11. The van der Waals surface area contributed by atoms with Crippen molar-refractivity contribution in [3.63, 3.8) is 0 Å². The van der Waals surface area contributed by atoms with Crippen molar-refractivity contribution in [3.8, 4) is 0 Å². The molecule has 2 rings (SSSR count). The second kappa shape index (κ2) is 5.28. The fourth-order valence-corrected chi connectivity index (χ4v) is 2.82. The van der Waals surface area contributed by atoms with Crippen molar-refractivity contribution in [2.24, 2.45) is 5.14 Å². The summed E-state index contributed by atoms with van der Waals surface area (Å²) in [6.07, 6.45) is 1.84. The predicted molar refractivity (Wildman–Crippen MR) is 77.3 cm³/mol. The molecular formula is C12H15N3O2S2. The van der Waals surface area contributed by atoms with E-state index in [-0.39, 0.29) is 4.90 Å². The quantitative estimate of drug-likeness (QED) is 0.908. The number of sulfonamides is 1. The third-order valence-electron chi connectivity index (χ3n) is 2.53. The highest BCUT2D eigenvalue weighted by molar-refractivity contribution is 7.89. The number of benzene rings is 1. The van der Waals surface area contributed by atoms with Crippen LogP contribution in [0.2, 0.25) is 0 Å². The van der Waals surface area contributed by atoms with Crippen molar-refractivity contribution in [2.45, 2.75) is 24.7 Å². The van der Waals surface area contributed by atoms with Crippen LogP contribution in [-0.4, -0.2) is 13.4 Å². The number of rotatable bonds is 4. The van der Waals surface area contributed by atoms with Crippen LogP contribution in [0.1, 0.15) is 24.6 Å². The first-order valence-corrected chi connectivity index (χ1v) is 8.08. The van der Waals surface area contributed by atoms with Gasteiger partial charge < -0.3 is 5.32 Å². The molecule has 0 fully saturated rings. The van der Waals surface area contributed by atoms with Crippen LogP contribution in [0.3, 0.4) is 0 Å². The summed E-state index contributed by atoms with van der Waals surface area (Å²) >= 11 is 1.58. The second-order valence-corrected chi connectivity index (χ2v) is 7.04. The van der Waals surface area contributed by atoms with E-state index in [9.17, 15) is 8.42 Å². The van der Waals surface area contributed by atoms with Crippen LogP contribution in [0, 0.1) is 0 Å². The van der Waals surface area contributed by atoms with Crippen LogP contribution in [0.4, 0.5) is 10.8 Å². The van der Waals surface area contributed by atoms with Gasteiger partial charge in [0.05, 0.1) is 4.90 Å². The largest absolute Gasteiger partial charge is 0.332 e. The van der Waals surface area contributed by atoms with E-state index in [0.29, 0.717) is 5.92 Å². The zero-order chi connectivity index (χ0) is 14.0. The number of nitrogens with zero attached hydrogens (tertiary/aromatic N) is 1. The molecule has 102 valence electrons. The maximum Gasteiger partial charge on any atom is 0.238 e. The van der Waals surface area contributed by atoms with Gasteiger partial charge in [0.15, 0.2) is 5.13 Å². The molecule has 0 atom stereocenters. The molecule has 0 amide bonds. The van der Waals surface area contributed by atoms with Gasteiger partial charge in [-0.2, -0.15) is 0 Å². The number of nitrogens with two attached hydrogens (primary N) is 1. The summed E-state index contributed by atoms with van der Waals surface area (Å²) in [7, 11) is -3.64. The highest BCUT2D eigenvalue weighted by Gasteiger charge is 2.08. The molecule has 0 aliphatic heterocycles. The normalized spacial score (nSPS) is 11.8. The number of anilines is 2. The zero-order valence-electron chi connectivity index (χ0n) is 10.6. The molecule has 0 spiro atoms. The Morgan fingerprint density at radius 3 is 2.37 bits per heavy atom. The van der Waals surface area contributed by atoms with Crippen LogP contribution >= 0.6 is 11.3 Å². The van der Waals surface area contributed by atoms with Gasteiger partial charge in [0.2, 0.25) is 10.0 Å². The third kappa shape index (κ3) is 3.52.